The number of hydrogen-bond donors (Lipinski definition) is 1. The highest BCUT2D eigenvalue weighted by Crippen LogP contribution is 2.25. The van der Waals surface area contributed by atoms with Gasteiger partial charge in [-0.25, -0.2) is 9.98 Å². The summed E-state index contributed by atoms with van der Waals surface area (Å²) in [5.41, 5.74) is 6.64. The second-order valence-electron chi connectivity index (χ2n) is 3.98. The second-order valence-corrected chi connectivity index (χ2v) is 4.32. The number of nitrogens with zero attached hydrogens (tertiary/aromatic N) is 3. The van der Waals surface area contributed by atoms with Crippen molar-refractivity contribution in [3.8, 4) is 0 Å². The van der Waals surface area contributed by atoms with Gasteiger partial charge in [0.1, 0.15) is 5.82 Å². The van der Waals surface area contributed by atoms with Crippen LogP contribution in [0.15, 0.2) is 46.5 Å². The molecule has 2 rings (SSSR count). The number of benzene rings is 1. The highest BCUT2D eigenvalue weighted by Gasteiger charge is 2.14. The molecule has 5 nitrogen and oxygen atoms in total. The van der Waals surface area contributed by atoms with E-state index in [1.807, 2.05) is 31.2 Å². The van der Waals surface area contributed by atoms with E-state index in [0.717, 1.165) is 10.9 Å². The van der Waals surface area contributed by atoms with Gasteiger partial charge in [0.15, 0.2) is 0 Å². The maximum absolute atomic E-state index is 11.5. The topological polar surface area (TPSA) is 72.7 Å². The number of carbonyl (C=O) groups is 1. The Morgan fingerprint density at radius 3 is 2.75 bits per heavy atom. The van der Waals surface area contributed by atoms with Crippen LogP contribution in [-0.4, -0.2) is 22.5 Å². The lowest BCUT2D eigenvalue weighted by atomic mass is 10.2. The Hall–Kier alpha value is -2.40. The van der Waals surface area contributed by atoms with Crippen LogP contribution in [0.4, 0.5) is 0 Å². The molecule has 0 spiro atoms. The van der Waals surface area contributed by atoms with E-state index in [9.17, 15) is 4.79 Å². The quantitative estimate of drug-likeness (QED) is 0.526. The Bertz CT molecular complexity index is 743. The van der Waals surface area contributed by atoms with Crippen molar-refractivity contribution in [2.45, 2.75) is 6.92 Å². The van der Waals surface area contributed by atoms with Crippen LogP contribution in [0.25, 0.3) is 16.7 Å². The number of amidine groups is 1. The fraction of sp³-hybridized carbons (Fsp3) is 0.0714. The van der Waals surface area contributed by atoms with E-state index >= 15 is 0 Å². The number of halogens is 1. The number of aliphatic imine (C=N–C) groups is 2. The Morgan fingerprint density at radius 1 is 1.45 bits per heavy atom. The third kappa shape index (κ3) is 2.48. The number of primary amides is 1. The molecule has 0 saturated heterocycles. The minimum atomic E-state index is -0.493. The van der Waals surface area contributed by atoms with Crippen LogP contribution in [0.2, 0.25) is 0 Å². The van der Waals surface area contributed by atoms with Crippen molar-refractivity contribution < 1.29 is 4.79 Å². The molecule has 0 atom stereocenters. The van der Waals surface area contributed by atoms with Crippen LogP contribution < -0.4 is 5.73 Å². The van der Waals surface area contributed by atoms with Gasteiger partial charge in [-0.1, -0.05) is 18.2 Å². The number of fused-ring (bicyclic) bond motifs is 1. The minimum Gasteiger partial charge on any atom is -0.366 e. The van der Waals surface area contributed by atoms with E-state index in [2.05, 4.69) is 16.7 Å². The van der Waals surface area contributed by atoms with E-state index < -0.39 is 5.91 Å². The summed E-state index contributed by atoms with van der Waals surface area (Å²) >= 11 is 5.78. The standard InChI is InChI=1S/C14H13ClN4O/c1-3-12(18-14(15)17-2)19-8-10(13(16)20)9-6-4-5-7-11(9)19/h3-8H,2H2,1H3,(H2,16,20)/b12-3+,18-14?. The monoisotopic (exact) mass is 288 g/mol. The Balaban J connectivity index is 2.71. The van der Waals surface area contributed by atoms with Crippen LogP contribution in [0.5, 0.6) is 0 Å². The van der Waals surface area contributed by atoms with Gasteiger partial charge in [-0.05, 0) is 37.4 Å². The molecule has 0 saturated carbocycles. The van der Waals surface area contributed by atoms with Gasteiger partial charge in [-0.2, -0.15) is 0 Å². The lowest BCUT2D eigenvalue weighted by Gasteiger charge is -2.05. The first-order valence-electron chi connectivity index (χ1n) is 5.86. The number of nitrogens with two attached hydrogens (primary N) is 1. The zero-order valence-electron chi connectivity index (χ0n) is 10.9. The summed E-state index contributed by atoms with van der Waals surface area (Å²) < 4.78 is 1.74. The lowest BCUT2D eigenvalue weighted by molar-refractivity contribution is 0.100. The SMILES string of the molecule is C=NC(Cl)=N/C(=C\C)n1cc(C(N)=O)c2ccccc21. The van der Waals surface area contributed by atoms with Crippen molar-refractivity contribution in [3.63, 3.8) is 0 Å². The average Bonchev–Trinajstić information content (AvgIpc) is 2.84. The molecule has 0 aliphatic carbocycles. The predicted molar refractivity (Wildman–Crippen MR) is 83.2 cm³/mol. The Kier molecular flexibility index (Phi) is 4.00. The lowest BCUT2D eigenvalue weighted by Crippen LogP contribution is -2.10. The van der Waals surface area contributed by atoms with Crippen molar-refractivity contribution in [1.82, 2.24) is 4.57 Å². The Morgan fingerprint density at radius 2 is 2.15 bits per heavy atom. The Labute approximate surface area is 121 Å². The van der Waals surface area contributed by atoms with Crippen molar-refractivity contribution in [3.05, 3.63) is 42.1 Å². The molecular formula is C14H13ClN4O. The molecule has 6 heteroatoms. The molecule has 0 aliphatic heterocycles. The van der Waals surface area contributed by atoms with Gasteiger partial charge < -0.3 is 10.3 Å². The van der Waals surface area contributed by atoms with E-state index in [1.54, 1.807) is 16.8 Å². The van der Waals surface area contributed by atoms with E-state index in [4.69, 9.17) is 17.3 Å². The summed E-state index contributed by atoms with van der Waals surface area (Å²) in [6, 6.07) is 7.41. The maximum atomic E-state index is 11.5. The molecule has 20 heavy (non-hydrogen) atoms. The summed E-state index contributed by atoms with van der Waals surface area (Å²) in [5, 5.41) is 0.786. The summed E-state index contributed by atoms with van der Waals surface area (Å²) in [4.78, 5) is 19.2. The number of aromatic nitrogens is 1. The molecule has 2 aromatic rings. The van der Waals surface area contributed by atoms with Gasteiger partial charge in [0.2, 0.25) is 5.29 Å². The van der Waals surface area contributed by atoms with Crippen LogP contribution >= 0.6 is 11.6 Å². The first kappa shape index (κ1) is 14.0. The number of para-hydroxylation sites is 1. The maximum Gasteiger partial charge on any atom is 0.250 e. The highest BCUT2D eigenvalue weighted by molar-refractivity contribution is 6.65. The number of carbonyl (C=O) groups excluding carboxylic acids is 1. The smallest absolute Gasteiger partial charge is 0.250 e. The molecule has 1 heterocycles. The van der Waals surface area contributed by atoms with Crippen molar-refractivity contribution in [1.29, 1.82) is 0 Å². The van der Waals surface area contributed by atoms with Gasteiger partial charge in [0.05, 0.1) is 11.1 Å². The zero-order valence-corrected chi connectivity index (χ0v) is 11.6. The predicted octanol–water partition coefficient (Wildman–Crippen LogP) is 2.85. The van der Waals surface area contributed by atoms with Crippen LogP contribution in [-0.2, 0) is 0 Å². The van der Waals surface area contributed by atoms with Crippen LogP contribution in [0.1, 0.15) is 17.3 Å². The molecule has 1 aromatic heterocycles. The number of allylic oxidation sites excluding steroid dienone is 1. The molecule has 1 amide bonds. The summed E-state index contributed by atoms with van der Waals surface area (Å²) in [6.07, 6.45) is 3.39. The van der Waals surface area contributed by atoms with Crippen LogP contribution in [0, 0.1) is 0 Å². The minimum absolute atomic E-state index is 0.0245. The van der Waals surface area contributed by atoms with Crippen molar-refractivity contribution >= 4 is 46.2 Å². The first-order valence-corrected chi connectivity index (χ1v) is 6.23. The molecule has 0 aliphatic rings. The number of amides is 1. The van der Waals surface area contributed by atoms with E-state index in [1.165, 1.54) is 0 Å². The first-order chi connectivity index (χ1) is 9.58. The molecule has 0 unspecified atom stereocenters. The fourth-order valence-electron chi connectivity index (χ4n) is 1.95. The van der Waals surface area contributed by atoms with Gasteiger partial charge in [-0.3, -0.25) is 4.79 Å². The molecule has 2 N–H and O–H groups in total. The van der Waals surface area contributed by atoms with Gasteiger partial charge in [0, 0.05) is 11.6 Å². The largest absolute Gasteiger partial charge is 0.366 e. The third-order valence-electron chi connectivity index (χ3n) is 2.82. The zero-order chi connectivity index (χ0) is 14.7. The van der Waals surface area contributed by atoms with E-state index in [-0.39, 0.29) is 5.29 Å². The second kappa shape index (κ2) is 5.71. The third-order valence-corrected chi connectivity index (χ3v) is 3.02. The summed E-state index contributed by atoms with van der Waals surface area (Å²) in [7, 11) is 0. The molecule has 0 fully saturated rings. The molecule has 0 radical (unpaired) electrons. The number of hydrogen-bond acceptors (Lipinski definition) is 2. The molecule has 1 aromatic carbocycles. The van der Waals surface area contributed by atoms with Gasteiger partial charge >= 0.3 is 0 Å². The molecule has 102 valence electrons. The average molecular weight is 289 g/mol. The fourth-order valence-corrected chi connectivity index (χ4v) is 2.04. The van der Waals surface area contributed by atoms with Gasteiger partial charge in [0.25, 0.3) is 5.91 Å². The van der Waals surface area contributed by atoms with Crippen LogP contribution in [0.3, 0.4) is 0 Å². The summed E-state index contributed by atoms with van der Waals surface area (Å²) in [5.74, 6) is 0.0402. The normalized spacial score (nSPS) is 12.7. The van der Waals surface area contributed by atoms with E-state index in [0.29, 0.717) is 11.4 Å². The van der Waals surface area contributed by atoms with Crippen molar-refractivity contribution in [2.24, 2.45) is 15.7 Å². The highest BCUT2D eigenvalue weighted by atomic mass is 35.5. The van der Waals surface area contributed by atoms with Crippen molar-refractivity contribution in [2.75, 3.05) is 0 Å². The summed E-state index contributed by atoms with van der Waals surface area (Å²) in [6.45, 7) is 5.12. The molecular weight excluding hydrogens is 276 g/mol. The van der Waals surface area contributed by atoms with Gasteiger partial charge in [-0.15, -0.1) is 0 Å². The number of rotatable bonds is 3. The molecule has 0 bridgehead atoms.